The van der Waals surface area contributed by atoms with Crippen molar-refractivity contribution in [1.82, 2.24) is 14.7 Å². The average Bonchev–Trinajstić information content (AvgIpc) is 2.81. The van der Waals surface area contributed by atoms with E-state index in [0.29, 0.717) is 50.3 Å². The first-order chi connectivity index (χ1) is 15.8. The van der Waals surface area contributed by atoms with Gasteiger partial charge in [-0.2, -0.15) is 0 Å². The molecule has 0 spiro atoms. The molecule has 4 rings (SSSR count). The molecule has 7 nitrogen and oxygen atoms in total. The van der Waals surface area contributed by atoms with Gasteiger partial charge in [0.2, 0.25) is 0 Å². The maximum absolute atomic E-state index is 13.7. The van der Waals surface area contributed by atoms with Crippen molar-refractivity contribution in [2.75, 3.05) is 31.5 Å². The van der Waals surface area contributed by atoms with Crippen LogP contribution in [-0.4, -0.2) is 64.8 Å². The van der Waals surface area contributed by atoms with Crippen LogP contribution in [0.3, 0.4) is 0 Å². The SMILES string of the molecule is Cc1ccc(NC(=O)N2CCC(N3CCN(Cc4ccc(F)cc4)C(=O)C3=O)CC2)cc1F. The lowest BCUT2D eigenvalue weighted by Gasteiger charge is -2.42. The van der Waals surface area contributed by atoms with Crippen LogP contribution in [-0.2, 0) is 16.1 Å². The number of rotatable bonds is 4. The Morgan fingerprint density at radius 1 is 0.970 bits per heavy atom. The molecule has 2 aromatic carbocycles. The number of amides is 4. The van der Waals surface area contributed by atoms with Gasteiger partial charge in [0.25, 0.3) is 0 Å². The van der Waals surface area contributed by atoms with Gasteiger partial charge in [-0.3, -0.25) is 9.59 Å². The summed E-state index contributed by atoms with van der Waals surface area (Å²) in [6.07, 6.45) is 1.12. The number of anilines is 1. The standard InChI is InChI=1S/C24H26F2N4O3/c1-16-2-7-19(14-21(16)26)27-24(33)28-10-8-20(9-11-28)30-13-12-29(22(31)23(30)32)15-17-3-5-18(25)6-4-17/h2-7,14,20H,8-13,15H2,1H3,(H,27,33). The Balaban J connectivity index is 1.29. The van der Waals surface area contributed by atoms with Crippen LogP contribution in [0, 0.1) is 18.6 Å². The van der Waals surface area contributed by atoms with Crippen LogP contribution < -0.4 is 5.32 Å². The zero-order chi connectivity index (χ0) is 23.5. The van der Waals surface area contributed by atoms with Crippen LogP contribution in [0.1, 0.15) is 24.0 Å². The number of hydrogen-bond donors (Lipinski definition) is 1. The zero-order valence-corrected chi connectivity index (χ0v) is 18.4. The van der Waals surface area contributed by atoms with Crippen molar-refractivity contribution in [1.29, 1.82) is 0 Å². The summed E-state index contributed by atoms with van der Waals surface area (Å²) in [5, 5.41) is 2.70. The first-order valence-electron chi connectivity index (χ1n) is 11.0. The number of aryl methyl sites for hydroxylation is 1. The van der Waals surface area contributed by atoms with Gasteiger partial charge >= 0.3 is 17.8 Å². The van der Waals surface area contributed by atoms with Crippen LogP contribution in [0.4, 0.5) is 19.3 Å². The largest absolute Gasteiger partial charge is 0.330 e. The maximum Gasteiger partial charge on any atom is 0.321 e. The van der Waals surface area contributed by atoms with E-state index in [-0.39, 0.29) is 30.3 Å². The minimum atomic E-state index is -0.563. The normalized spacial score (nSPS) is 17.5. The molecule has 4 amide bonds. The maximum atomic E-state index is 13.7. The van der Waals surface area contributed by atoms with Gasteiger partial charge in [0.05, 0.1) is 0 Å². The van der Waals surface area contributed by atoms with Crippen molar-refractivity contribution in [2.24, 2.45) is 0 Å². The number of nitrogens with one attached hydrogen (secondary N) is 1. The van der Waals surface area contributed by atoms with Gasteiger partial charge in [-0.05, 0) is 55.2 Å². The molecule has 174 valence electrons. The summed E-state index contributed by atoms with van der Waals surface area (Å²) >= 11 is 0. The third-order valence-electron chi connectivity index (χ3n) is 6.24. The Hall–Kier alpha value is -3.49. The second-order valence-electron chi connectivity index (χ2n) is 8.46. The smallest absolute Gasteiger partial charge is 0.321 e. The van der Waals surface area contributed by atoms with E-state index in [1.54, 1.807) is 41.0 Å². The van der Waals surface area contributed by atoms with Crippen molar-refractivity contribution in [2.45, 2.75) is 32.4 Å². The van der Waals surface area contributed by atoms with Gasteiger partial charge in [-0.1, -0.05) is 18.2 Å². The third-order valence-corrected chi connectivity index (χ3v) is 6.24. The molecule has 0 radical (unpaired) electrons. The summed E-state index contributed by atoms with van der Waals surface area (Å²) in [7, 11) is 0. The van der Waals surface area contributed by atoms with Crippen LogP contribution in [0.15, 0.2) is 42.5 Å². The highest BCUT2D eigenvalue weighted by molar-refractivity contribution is 6.35. The topological polar surface area (TPSA) is 73.0 Å². The zero-order valence-electron chi connectivity index (χ0n) is 18.4. The number of piperidine rings is 1. The molecule has 2 saturated heterocycles. The van der Waals surface area contributed by atoms with Crippen molar-refractivity contribution < 1.29 is 23.2 Å². The summed E-state index contributed by atoms with van der Waals surface area (Å²) in [6.45, 7) is 3.61. The number of piperazine rings is 1. The van der Waals surface area contributed by atoms with Crippen molar-refractivity contribution in [3.8, 4) is 0 Å². The summed E-state index contributed by atoms with van der Waals surface area (Å²) < 4.78 is 26.8. The number of carbonyl (C=O) groups is 3. The Bertz CT molecular complexity index is 1050. The Labute approximate surface area is 191 Å². The fourth-order valence-corrected chi connectivity index (χ4v) is 4.25. The van der Waals surface area contributed by atoms with E-state index in [9.17, 15) is 23.2 Å². The van der Waals surface area contributed by atoms with Gasteiger partial charge in [-0.15, -0.1) is 0 Å². The number of urea groups is 1. The van der Waals surface area contributed by atoms with Crippen molar-refractivity contribution in [3.63, 3.8) is 0 Å². The fraction of sp³-hybridized carbons (Fsp3) is 0.375. The molecule has 0 aromatic heterocycles. The molecule has 2 heterocycles. The van der Waals surface area contributed by atoms with Crippen LogP contribution in [0.2, 0.25) is 0 Å². The quantitative estimate of drug-likeness (QED) is 0.719. The number of likely N-dealkylation sites (tertiary alicyclic amines) is 1. The predicted molar refractivity (Wildman–Crippen MR) is 118 cm³/mol. The summed E-state index contributed by atoms with van der Waals surface area (Å²) in [6, 6.07) is 9.98. The van der Waals surface area contributed by atoms with Crippen LogP contribution >= 0.6 is 0 Å². The van der Waals surface area contributed by atoms with Gasteiger partial charge in [0.15, 0.2) is 0 Å². The molecule has 0 unspecified atom stereocenters. The Kier molecular flexibility index (Phi) is 6.57. The molecule has 0 aliphatic carbocycles. The lowest BCUT2D eigenvalue weighted by Crippen LogP contribution is -2.59. The predicted octanol–water partition coefficient (Wildman–Crippen LogP) is 3.14. The van der Waals surface area contributed by atoms with E-state index in [0.717, 1.165) is 5.56 Å². The van der Waals surface area contributed by atoms with Gasteiger partial charge in [0, 0.05) is 44.5 Å². The lowest BCUT2D eigenvalue weighted by molar-refractivity contribution is -0.158. The van der Waals surface area contributed by atoms with Gasteiger partial charge in [0.1, 0.15) is 11.6 Å². The summed E-state index contributed by atoms with van der Waals surface area (Å²) in [5.74, 6) is -1.83. The Morgan fingerprint density at radius 3 is 2.33 bits per heavy atom. The summed E-state index contributed by atoms with van der Waals surface area (Å²) in [5.41, 5.74) is 1.66. The number of carbonyl (C=O) groups excluding carboxylic acids is 3. The fourth-order valence-electron chi connectivity index (χ4n) is 4.25. The van der Waals surface area contributed by atoms with E-state index >= 15 is 0 Å². The van der Waals surface area contributed by atoms with Crippen molar-refractivity contribution in [3.05, 3.63) is 65.2 Å². The first-order valence-corrected chi connectivity index (χ1v) is 11.0. The molecular weight excluding hydrogens is 430 g/mol. The molecule has 0 saturated carbocycles. The van der Waals surface area contributed by atoms with Crippen molar-refractivity contribution >= 4 is 23.5 Å². The van der Waals surface area contributed by atoms with E-state index < -0.39 is 11.8 Å². The average molecular weight is 456 g/mol. The van der Waals surface area contributed by atoms with E-state index in [2.05, 4.69) is 5.32 Å². The lowest BCUT2D eigenvalue weighted by atomic mass is 10.0. The highest BCUT2D eigenvalue weighted by Gasteiger charge is 2.38. The number of halogens is 2. The second-order valence-corrected chi connectivity index (χ2v) is 8.46. The molecular formula is C24H26F2N4O3. The molecule has 0 atom stereocenters. The first kappa shape index (κ1) is 22.7. The molecule has 2 fully saturated rings. The summed E-state index contributed by atoms with van der Waals surface area (Å²) in [4.78, 5) is 42.6. The second kappa shape index (κ2) is 9.56. The van der Waals surface area contributed by atoms with Gasteiger partial charge < -0.3 is 20.0 Å². The molecule has 2 aromatic rings. The molecule has 2 aliphatic heterocycles. The monoisotopic (exact) mass is 456 g/mol. The van der Waals surface area contributed by atoms with Crippen LogP contribution in [0.5, 0.6) is 0 Å². The number of hydrogen-bond acceptors (Lipinski definition) is 3. The highest BCUT2D eigenvalue weighted by atomic mass is 19.1. The van der Waals surface area contributed by atoms with E-state index in [1.165, 1.54) is 23.1 Å². The molecule has 2 aliphatic rings. The van der Waals surface area contributed by atoms with E-state index in [1.807, 2.05) is 0 Å². The molecule has 9 heteroatoms. The van der Waals surface area contributed by atoms with Gasteiger partial charge in [-0.25, -0.2) is 13.6 Å². The van der Waals surface area contributed by atoms with E-state index in [4.69, 9.17) is 0 Å². The number of benzene rings is 2. The minimum Gasteiger partial charge on any atom is -0.330 e. The number of nitrogens with zero attached hydrogens (tertiary/aromatic N) is 3. The van der Waals surface area contributed by atoms with Crippen LogP contribution in [0.25, 0.3) is 0 Å². The Morgan fingerprint density at radius 2 is 1.67 bits per heavy atom. The minimum absolute atomic E-state index is 0.115. The molecule has 0 bridgehead atoms. The highest BCUT2D eigenvalue weighted by Crippen LogP contribution is 2.22. The third kappa shape index (κ3) is 5.13. The molecule has 1 N–H and O–H groups in total. The molecule has 33 heavy (non-hydrogen) atoms.